The monoisotopic (exact) mass is 337 g/mol. The lowest BCUT2D eigenvalue weighted by Crippen LogP contribution is -2.23. The zero-order chi connectivity index (χ0) is 16.4. The van der Waals surface area contributed by atoms with Crippen LogP contribution < -0.4 is 5.32 Å². The molecule has 5 nitrogen and oxygen atoms in total. The number of nitrogens with one attached hydrogen (secondary N) is 1. The summed E-state index contributed by atoms with van der Waals surface area (Å²) in [5, 5.41) is 7.73. The van der Waals surface area contributed by atoms with Crippen molar-refractivity contribution in [3.8, 4) is 0 Å². The first kappa shape index (κ1) is 16.7. The Morgan fingerprint density at radius 3 is 2.65 bits per heavy atom. The van der Waals surface area contributed by atoms with Gasteiger partial charge in [-0.3, -0.25) is 10.00 Å². The molecule has 128 valence electrons. The van der Waals surface area contributed by atoms with Crippen LogP contribution >= 0.6 is 11.8 Å². The second kappa shape index (κ2) is 7.16. The lowest BCUT2D eigenvalue weighted by atomic mass is 9.97. The van der Waals surface area contributed by atoms with Gasteiger partial charge >= 0.3 is 6.09 Å². The second-order valence-corrected chi connectivity index (χ2v) is 7.73. The molecule has 0 aromatic carbocycles. The molecule has 2 aliphatic rings. The van der Waals surface area contributed by atoms with Crippen molar-refractivity contribution in [2.24, 2.45) is 7.05 Å². The lowest BCUT2D eigenvalue weighted by Gasteiger charge is -2.14. The quantitative estimate of drug-likeness (QED) is 0.843. The number of thioether (sulfide) groups is 1. The van der Waals surface area contributed by atoms with E-state index >= 15 is 0 Å². The average molecular weight is 337 g/mol. The summed E-state index contributed by atoms with van der Waals surface area (Å²) in [5.41, 5.74) is 2.49. The van der Waals surface area contributed by atoms with Crippen LogP contribution in [0.25, 0.3) is 0 Å². The number of carbonyl (C=O) groups excluding carboxylic acids is 1. The molecule has 1 aromatic rings. The summed E-state index contributed by atoms with van der Waals surface area (Å²) >= 11 is 1.68. The molecule has 2 saturated carbocycles. The van der Waals surface area contributed by atoms with Crippen molar-refractivity contribution >= 4 is 23.7 Å². The van der Waals surface area contributed by atoms with Crippen molar-refractivity contribution in [2.45, 2.75) is 63.4 Å². The number of aryl methyl sites for hydroxylation is 1. The SMILES string of the molecule is CSCC(C)OC(=O)Nc1c(C2CC2)c(C2CCCC2)nn1C. The largest absolute Gasteiger partial charge is 0.445 e. The minimum Gasteiger partial charge on any atom is -0.445 e. The van der Waals surface area contributed by atoms with Crippen LogP contribution in [-0.4, -0.2) is 34.0 Å². The molecule has 6 heteroatoms. The zero-order valence-corrected chi connectivity index (χ0v) is 15.1. The van der Waals surface area contributed by atoms with Gasteiger partial charge in [0.25, 0.3) is 0 Å². The number of carbonyl (C=O) groups is 1. The predicted molar refractivity (Wildman–Crippen MR) is 94.3 cm³/mol. The van der Waals surface area contributed by atoms with E-state index in [0.717, 1.165) is 11.6 Å². The Bertz CT molecular complexity index is 562. The van der Waals surface area contributed by atoms with E-state index in [4.69, 9.17) is 9.84 Å². The van der Waals surface area contributed by atoms with E-state index in [1.165, 1.54) is 49.8 Å². The van der Waals surface area contributed by atoms with E-state index in [9.17, 15) is 4.79 Å². The fraction of sp³-hybridized carbons (Fsp3) is 0.765. The summed E-state index contributed by atoms with van der Waals surface area (Å²) < 4.78 is 7.26. The van der Waals surface area contributed by atoms with Gasteiger partial charge in [-0.1, -0.05) is 12.8 Å². The minimum atomic E-state index is -0.366. The molecule has 3 rings (SSSR count). The normalized spacial score (nSPS) is 19.8. The second-order valence-electron chi connectivity index (χ2n) is 6.82. The molecule has 0 radical (unpaired) electrons. The van der Waals surface area contributed by atoms with Crippen LogP contribution in [-0.2, 0) is 11.8 Å². The maximum absolute atomic E-state index is 12.2. The van der Waals surface area contributed by atoms with Crippen LogP contribution in [0.2, 0.25) is 0 Å². The molecule has 23 heavy (non-hydrogen) atoms. The zero-order valence-electron chi connectivity index (χ0n) is 14.3. The van der Waals surface area contributed by atoms with Gasteiger partial charge in [-0.05, 0) is 44.8 Å². The third kappa shape index (κ3) is 3.84. The van der Waals surface area contributed by atoms with Crippen LogP contribution in [0.1, 0.15) is 68.5 Å². The van der Waals surface area contributed by atoms with Gasteiger partial charge in [0.2, 0.25) is 0 Å². The van der Waals surface area contributed by atoms with Crippen molar-refractivity contribution in [3.05, 3.63) is 11.3 Å². The number of ether oxygens (including phenoxy) is 1. The molecule has 1 atom stereocenters. The molecule has 2 aliphatic carbocycles. The Balaban J connectivity index is 1.77. The molecule has 0 aliphatic heterocycles. The van der Waals surface area contributed by atoms with Gasteiger partial charge in [-0.15, -0.1) is 0 Å². The van der Waals surface area contributed by atoms with Gasteiger partial charge in [-0.25, -0.2) is 4.79 Å². The van der Waals surface area contributed by atoms with E-state index in [0.29, 0.717) is 11.8 Å². The van der Waals surface area contributed by atoms with Gasteiger partial charge in [0.1, 0.15) is 11.9 Å². The Labute approximate surface area is 142 Å². The fourth-order valence-electron chi connectivity index (χ4n) is 3.56. The number of amides is 1. The molecule has 0 saturated heterocycles. The third-order valence-corrected chi connectivity index (χ3v) is 5.57. The molecule has 1 heterocycles. The Hall–Kier alpha value is -1.17. The van der Waals surface area contributed by atoms with Gasteiger partial charge < -0.3 is 4.74 Å². The summed E-state index contributed by atoms with van der Waals surface area (Å²) in [4.78, 5) is 12.2. The summed E-state index contributed by atoms with van der Waals surface area (Å²) in [6, 6.07) is 0. The van der Waals surface area contributed by atoms with Crippen molar-refractivity contribution < 1.29 is 9.53 Å². The summed E-state index contributed by atoms with van der Waals surface area (Å²) in [6.07, 6.45) is 9.02. The van der Waals surface area contributed by atoms with Gasteiger partial charge in [0, 0.05) is 24.3 Å². The number of nitrogens with zero attached hydrogens (tertiary/aromatic N) is 2. The molecular weight excluding hydrogens is 310 g/mol. The molecule has 1 amide bonds. The van der Waals surface area contributed by atoms with Crippen molar-refractivity contribution in [1.82, 2.24) is 9.78 Å². The van der Waals surface area contributed by atoms with Crippen LogP contribution in [0, 0.1) is 0 Å². The predicted octanol–water partition coefficient (Wildman–Crippen LogP) is 4.26. The number of rotatable bonds is 6. The number of hydrogen-bond donors (Lipinski definition) is 1. The van der Waals surface area contributed by atoms with Crippen LogP contribution in [0.4, 0.5) is 10.6 Å². The molecule has 1 aromatic heterocycles. The summed E-state index contributed by atoms with van der Waals surface area (Å²) in [6.45, 7) is 1.92. The van der Waals surface area contributed by atoms with Gasteiger partial charge in [0.15, 0.2) is 0 Å². The first-order valence-corrected chi connectivity index (χ1v) is 10.0. The van der Waals surface area contributed by atoms with Gasteiger partial charge in [-0.2, -0.15) is 16.9 Å². The van der Waals surface area contributed by atoms with Gasteiger partial charge in [0.05, 0.1) is 5.69 Å². The van der Waals surface area contributed by atoms with E-state index in [1.807, 2.05) is 24.9 Å². The number of hydrogen-bond acceptors (Lipinski definition) is 4. The van der Waals surface area contributed by atoms with E-state index in [-0.39, 0.29) is 12.2 Å². The molecule has 0 bridgehead atoms. The van der Waals surface area contributed by atoms with Crippen molar-refractivity contribution in [2.75, 3.05) is 17.3 Å². The van der Waals surface area contributed by atoms with E-state index < -0.39 is 0 Å². The highest BCUT2D eigenvalue weighted by Crippen LogP contribution is 2.49. The highest BCUT2D eigenvalue weighted by atomic mass is 32.2. The first-order valence-electron chi connectivity index (χ1n) is 8.63. The maximum atomic E-state index is 12.2. The summed E-state index contributed by atoms with van der Waals surface area (Å²) in [7, 11) is 1.92. The third-order valence-electron chi connectivity index (χ3n) is 4.77. The summed E-state index contributed by atoms with van der Waals surface area (Å²) in [5.74, 6) is 2.79. The molecule has 1 N–H and O–H groups in total. The van der Waals surface area contributed by atoms with E-state index in [1.54, 1.807) is 11.8 Å². The van der Waals surface area contributed by atoms with Crippen molar-refractivity contribution in [3.63, 3.8) is 0 Å². The Morgan fingerprint density at radius 1 is 1.35 bits per heavy atom. The number of anilines is 1. The fourth-order valence-corrected chi connectivity index (χ4v) is 4.10. The number of aromatic nitrogens is 2. The average Bonchev–Trinajstić information content (AvgIpc) is 3.08. The van der Waals surface area contributed by atoms with Crippen LogP contribution in [0.5, 0.6) is 0 Å². The molecular formula is C17H27N3O2S. The lowest BCUT2D eigenvalue weighted by molar-refractivity contribution is 0.132. The maximum Gasteiger partial charge on any atom is 0.413 e. The van der Waals surface area contributed by atoms with E-state index in [2.05, 4.69) is 5.32 Å². The first-order chi connectivity index (χ1) is 11.1. The highest BCUT2D eigenvalue weighted by molar-refractivity contribution is 7.98. The Kier molecular flexibility index (Phi) is 5.19. The Morgan fingerprint density at radius 2 is 2.04 bits per heavy atom. The molecule has 0 spiro atoms. The van der Waals surface area contributed by atoms with Crippen LogP contribution in [0.3, 0.4) is 0 Å². The topological polar surface area (TPSA) is 56.1 Å². The van der Waals surface area contributed by atoms with Crippen LogP contribution in [0.15, 0.2) is 0 Å². The minimum absolute atomic E-state index is 0.0862. The smallest absolute Gasteiger partial charge is 0.413 e. The standard InChI is InChI=1S/C17H27N3O2S/c1-11(10-23-3)22-17(21)18-16-14(12-8-9-12)15(19-20(16)2)13-6-4-5-7-13/h11-13H,4-10H2,1-3H3,(H,18,21). The van der Waals surface area contributed by atoms with Crippen molar-refractivity contribution in [1.29, 1.82) is 0 Å². The highest BCUT2D eigenvalue weighted by Gasteiger charge is 2.36. The molecule has 1 unspecified atom stereocenters. The molecule has 2 fully saturated rings.